The third kappa shape index (κ3) is 15.8. The van der Waals surface area contributed by atoms with Gasteiger partial charge >= 0.3 is 0 Å². The lowest BCUT2D eigenvalue weighted by molar-refractivity contribution is 1.18. The van der Waals surface area contributed by atoms with Crippen molar-refractivity contribution in [3.05, 3.63) is 484 Å². The van der Waals surface area contributed by atoms with E-state index in [9.17, 15) is 10.5 Å². The molecule has 0 spiro atoms. The topological polar surface area (TPSA) is 208 Å². The van der Waals surface area contributed by atoms with Crippen LogP contribution in [-0.2, 0) is 0 Å². The Balaban J connectivity index is 0.000000101. The van der Waals surface area contributed by atoms with Crippen LogP contribution in [0.3, 0.4) is 0 Å². The normalized spacial score (nSPS) is 10.9. The third-order valence-electron chi connectivity index (χ3n) is 24.5. The zero-order valence-corrected chi connectivity index (χ0v) is 72.5. The summed E-state index contributed by atoms with van der Waals surface area (Å²) in [5.74, 6) is 0. The molecule has 0 saturated heterocycles. The van der Waals surface area contributed by atoms with E-state index >= 15 is 0 Å². The van der Waals surface area contributed by atoms with Gasteiger partial charge in [-0.25, -0.2) is 9.97 Å². The van der Waals surface area contributed by atoms with Gasteiger partial charge in [0.2, 0.25) is 0 Å². The van der Waals surface area contributed by atoms with Crippen LogP contribution in [0.2, 0.25) is 0 Å². The molecule has 25 rings (SSSR count). The van der Waals surface area contributed by atoms with Crippen LogP contribution < -0.4 is 0 Å². The van der Waals surface area contributed by atoms with Crippen LogP contribution in [-0.4, -0.2) is 47.8 Å². The number of nitriles is 5. The second kappa shape index (κ2) is 36.7. The van der Waals surface area contributed by atoms with Crippen molar-refractivity contribution >= 4 is 109 Å². The minimum Gasteiger partial charge on any atom is -0.309 e. The molecule has 0 amide bonds. The first-order chi connectivity index (χ1) is 66.8. The molecule has 0 aliphatic carbocycles. The van der Waals surface area contributed by atoms with Crippen LogP contribution in [0.4, 0.5) is 0 Å². The Labute approximate surface area is 776 Å². The molecule has 135 heavy (non-hydrogen) atoms. The van der Waals surface area contributed by atoms with Gasteiger partial charge in [-0.2, -0.15) is 26.3 Å². The van der Waals surface area contributed by atoms with Crippen LogP contribution in [0.1, 0.15) is 28.1 Å². The zero-order valence-electron chi connectivity index (χ0n) is 72.5. The molecule has 0 radical (unpaired) electrons. The highest BCUT2D eigenvalue weighted by molar-refractivity contribution is 6.13. The van der Waals surface area contributed by atoms with E-state index in [1.165, 1.54) is 109 Å². The fourth-order valence-electron chi connectivity index (χ4n) is 18.5. The molecule has 25 aromatic rings. The summed E-state index contributed by atoms with van der Waals surface area (Å²) in [7, 11) is 0. The summed E-state index contributed by atoms with van der Waals surface area (Å²) in [6, 6.07) is 150. The molecule has 0 aliphatic rings. The van der Waals surface area contributed by atoms with E-state index in [-0.39, 0.29) is 0 Å². The predicted molar refractivity (Wildman–Crippen MR) is 544 cm³/mol. The van der Waals surface area contributed by atoms with Crippen molar-refractivity contribution in [1.29, 1.82) is 26.3 Å². The number of para-hydroxylation sites is 10. The Kier molecular flexibility index (Phi) is 22.4. The molecule has 0 unspecified atom stereocenters. The molecule has 0 saturated carbocycles. The second-order valence-corrected chi connectivity index (χ2v) is 32.3. The van der Waals surface area contributed by atoms with Crippen molar-refractivity contribution in [3.8, 4) is 114 Å². The number of nitrogens with zero attached hydrogens (tertiary/aromatic N) is 15. The maximum Gasteiger partial charge on any atom is 0.141 e. The van der Waals surface area contributed by atoms with Crippen molar-refractivity contribution in [2.45, 2.75) is 0 Å². The maximum atomic E-state index is 9.43. The fraction of sp³-hybridized carbons (Fsp3) is 0. The van der Waals surface area contributed by atoms with E-state index in [0.717, 1.165) is 84.1 Å². The molecule has 15 heteroatoms. The van der Waals surface area contributed by atoms with Crippen LogP contribution in [0.15, 0.2) is 456 Å². The summed E-state index contributed by atoms with van der Waals surface area (Å²) in [4.78, 5) is 20.7. The quantitative estimate of drug-likeness (QED) is 0.126. The van der Waals surface area contributed by atoms with Crippen molar-refractivity contribution in [2.75, 3.05) is 0 Å². The first-order valence-electron chi connectivity index (χ1n) is 44.0. The first kappa shape index (κ1) is 82.5. The van der Waals surface area contributed by atoms with Crippen LogP contribution in [0.5, 0.6) is 0 Å². The summed E-state index contributed by atoms with van der Waals surface area (Å²) < 4.78 is 11.4. The van der Waals surface area contributed by atoms with Gasteiger partial charge < -0.3 is 22.8 Å². The van der Waals surface area contributed by atoms with E-state index in [0.29, 0.717) is 28.1 Å². The zero-order chi connectivity index (χ0) is 91.1. The van der Waals surface area contributed by atoms with Gasteiger partial charge in [0, 0.05) is 154 Å². The average molecular weight is 1730 g/mol. The van der Waals surface area contributed by atoms with Crippen molar-refractivity contribution < 1.29 is 0 Å². The summed E-state index contributed by atoms with van der Waals surface area (Å²) in [6.45, 7) is 0. The van der Waals surface area contributed by atoms with Gasteiger partial charge in [-0.1, -0.05) is 243 Å². The van der Waals surface area contributed by atoms with Gasteiger partial charge in [0.25, 0.3) is 0 Å². The molecule has 15 aromatic carbocycles. The Morgan fingerprint density at radius 2 is 0.496 bits per heavy atom. The van der Waals surface area contributed by atoms with Crippen LogP contribution in [0, 0.1) is 56.7 Å². The number of hydrogen-bond acceptors (Lipinski definition) is 10. The van der Waals surface area contributed by atoms with E-state index in [2.05, 4.69) is 412 Å². The summed E-state index contributed by atoms with van der Waals surface area (Å²) >= 11 is 0. The first-order valence-corrected chi connectivity index (χ1v) is 44.0. The SMILES string of the molecule is N#Cc1cc(-c2cccc(-n3c4ccccc4c4ccccc43)c2)ccn1.N#Cc1ccc(-c2cccc(-n3c4ccccc4c4ccccc43)c2)cn1.N#Cc1ccncc1-c1cccc(-n2c3ccccc3c3ccccc32)c1.N#Cc1cncc(-c2cccc(-n3c4ccccc4c4ccccc43)c2)c1.N#Cc1cnccc1-c1cccc(-n2c3ccccc3c3ccccc32)c1. The lowest BCUT2D eigenvalue weighted by atomic mass is 10.0. The molecular formula is C120H75N15. The average Bonchev–Trinajstić information content (AvgIpc) is 1.62. The summed E-state index contributed by atoms with van der Waals surface area (Å²) in [5, 5.41) is 58.5. The lowest BCUT2D eigenvalue weighted by Crippen LogP contribution is -1.95. The molecule has 0 N–H and O–H groups in total. The summed E-state index contributed by atoms with van der Waals surface area (Å²) in [6.07, 6.45) is 13.6. The van der Waals surface area contributed by atoms with Gasteiger partial charge in [-0.15, -0.1) is 0 Å². The van der Waals surface area contributed by atoms with E-state index in [1.807, 2.05) is 60.7 Å². The highest BCUT2D eigenvalue weighted by atomic mass is 15.0. The number of hydrogen-bond donors (Lipinski definition) is 0. The third-order valence-corrected chi connectivity index (χ3v) is 24.5. The number of aromatic nitrogens is 10. The standard InChI is InChI=1S/5C24H15N3/c25-14-17-12-19(16-26-15-17)18-6-5-7-20(13-18)27-23-10-3-1-8-21(23)22-9-2-4-11-24(22)27;25-16-19-14-18(12-13-26-19)17-6-5-7-20(15-17)27-23-10-3-1-8-21(23)22-9-2-4-11-24(22)27;25-15-18-16-26-13-12-20(18)17-6-5-7-19(14-17)27-23-10-3-1-8-21(23)22-9-2-4-11-24(22)27;25-15-19-13-12-18(16-26-19)17-6-5-7-20(14-17)27-23-10-3-1-8-21(23)22-9-2-4-11-24(22)27;25-15-18-12-13-26-16-22(18)17-6-5-7-19(14-17)27-23-10-3-1-8-20(23)21-9-2-4-11-24(21)27/h1-13,15-16H;1-15H;3*1-14,16H. The van der Waals surface area contributed by atoms with Gasteiger partial charge in [-0.05, 0) is 197 Å². The Bertz CT molecular complexity index is 8440. The molecule has 630 valence electrons. The molecule has 0 bridgehead atoms. The van der Waals surface area contributed by atoms with Crippen molar-refractivity contribution in [1.82, 2.24) is 47.8 Å². The van der Waals surface area contributed by atoms with E-state index in [1.54, 1.807) is 61.7 Å². The molecule has 15 nitrogen and oxygen atoms in total. The minimum absolute atomic E-state index is 0.426. The number of rotatable bonds is 10. The number of fused-ring (bicyclic) bond motifs is 15. The molecule has 10 heterocycles. The Morgan fingerprint density at radius 1 is 0.178 bits per heavy atom. The Morgan fingerprint density at radius 3 is 0.844 bits per heavy atom. The van der Waals surface area contributed by atoms with Gasteiger partial charge in [-0.3, -0.25) is 15.0 Å². The van der Waals surface area contributed by atoms with Gasteiger partial charge in [0.1, 0.15) is 35.7 Å². The minimum atomic E-state index is 0.426. The fourth-order valence-corrected chi connectivity index (χ4v) is 18.5. The second-order valence-electron chi connectivity index (χ2n) is 32.3. The molecule has 10 aromatic heterocycles. The van der Waals surface area contributed by atoms with E-state index < -0.39 is 0 Å². The van der Waals surface area contributed by atoms with Gasteiger partial charge in [0.05, 0.1) is 77.9 Å². The van der Waals surface area contributed by atoms with Crippen molar-refractivity contribution in [2.24, 2.45) is 0 Å². The lowest BCUT2D eigenvalue weighted by Gasteiger charge is -2.10. The monoisotopic (exact) mass is 1730 g/mol. The number of pyridine rings is 5. The smallest absolute Gasteiger partial charge is 0.141 e. The van der Waals surface area contributed by atoms with Crippen molar-refractivity contribution in [3.63, 3.8) is 0 Å². The summed E-state index contributed by atoms with van der Waals surface area (Å²) in [5.41, 5.74) is 29.7. The van der Waals surface area contributed by atoms with Crippen LogP contribution >= 0.6 is 0 Å². The van der Waals surface area contributed by atoms with Gasteiger partial charge in [0.15, 0.2) is 0 Å². The largest absolute Gasteiger partial charge is 0.309 e. The molecule has 0 fully saturated rings. The maximum absolute atomic E-state index is 9.43. The molecule has 0 atom stereocenters. The Hall–Kier alpha value is -19.5. The highest BCUT2D eigenvalue weighted by Gasteiger charge is 2.20. The van der Waals surface area contributed by atoms with Crippen LogP contribution in [0.25, 0.3) is 193 Å². The molecule has 0 aliphatic heterocycles. The number of benzene rings is 15. The molecular weight excluding hydrogens is 1650 g/mol. The predicted octanol–water partition coefficient (Wildman–Crippen LogP) is 28.6. The van der Waals surface area contributed by atoms with E-state index in [4.69, 9.17) is 15.8 Å². The highest BCUT2D eigenvalue weighted by Crippen LogP contribution is 2.41.